The van der Waals surface area contributed by atoms with Gasteiger partial charge in [-0.25, -0.2) is 0 Å². The fourth-order valence-corrected chi connectivity index (χ4v) is 2.47. The van der Waals surface area contributed by atoms with Crippen molar-refractivity contribution in [2.75, 3.05) is 0 Å². The van der Waals surface area contributed by atoms with Crippen molar-refractivity contribution in [3.63, 3.8) is 0 Å². The maximum Gasteiger partial charge on any atom is 0.150 e. The molecule has 0 bridgehead atoms. The first-order valence-corrected chi connectivity index (χ1v) is 6.23. The largest absolute Gasteiger partial charge is 0.353 e. The summed E-state index contributed by atoms with van der Waals surface area (Å²) in [5, 5.41) is 2.17. The topological polar surface area (TPSA) is 45.8 Å². The maximum absolute atomic E-state index is 11.2. The van der Waals surface area contributed by atoms with E-state index >= 15 is 0 Å². The number of hydrogen-bond donors (Lipinski definition) is 1. The molecule has 0 aliphatic heterocycles. The molecule has 1 N–H and O–H groups in total. The van der Waals surface area contributed by atoms with Crippen LogP contribution in [0.2, 0.25) is 0 Å². The van der Waals surface area contributed by atoms with Crippen molar-refractivity contribution in [2.24, 2.45) is 0 Å². The van der Waals surface area contributed by atoms with E-state index in [4.69, 9.17) is 0 Å². The lowest BCUT2D eigenvalue weighted by Crippen LogP contribution is -1.86. The van der Waals surface area contributed by atoms with Gasteiger partial charge >= 0.3 is 0 Å². The van der Waals surface area contributed by atoms with Gasteiger partial charge in [0.05, 0.1) is 11.2 Å². The second kappa shape index (κ2) is 4.35. The molecule has 0 fully saturated rings. The van der Waals surface area contributed by atoms with Crippen LogP contribution in [0.15, 0.2) is 30.5 Å². The van der Waals surface area contributed by atoms with Crippen LogP contribution in [-0.4, -0.2) is 16.3 Å². The molecule has 0 saturated carbocycles. The molecule has 2 heterocycles. The molecule has 0 saturated heterocycles. The molecule has 3 heteroatoms. The predicted molar refractivity (Wildman–Crippen MR) is 78.4 cm³/mol. The van der Waals surface area contributed by atoms with E-state index < -0.39 is 0 Å². The van der Waals surface area contributed by atoms with Gasteiger partial charge in [0.1, 0.15) is 0 Å². The molecule has 0 atom stereocenters. The Hall–Kier alpha value is -2.42. The Morgan fingerprint density at radius 2 is 2.05 bits per heavy atom. The molecule has 0 unspecified atom stereocenters. The van der Waals surface area contributed by atoms with Crippen molar-refractivity contribution in [1.82, 2.24) is 9.97 Å². The van der Waals surface area contributed by atoms with Gasteiger partial charge in [-0.05, 0) is 37.6 Å². The van der Waals surface area contributed by atoms with Crippen molar-refractivity contribution < 1.29 is 4.79 Å². The number of aryl methyl sites for hydroxylation is 1. The third-order valence-electron chi connectivity index (χ3n) is 3.39. The Kier molecular flexibility index (Phi) is 2.67. The number of aldehydes is 1. The van der Waals surface area contributed by atoms with Gasteiger partial charge in [-0.2, -0.15) is 0 Å². The number of benzene rings is 1. The molecule has 0 spiro atoms. The van der Waals surface area contributed by atoms with Crippen LogP contribution in [0.4, 0.5) is 0 Å². The summed E-state index contributed by atoms with van der Waals surface area (Å²) in [4.78, 5) is 18.9. The van der Waals surface area contributed by atoms with Crippen LogP contribution in [0.5, 0.6) is 0 Å². The lowest BCUT2D eigenvalue weighted by molar-refractivity contribution is 0.112. The van der Waals surface area contributed by atoms with Crippen molar-refractivity contribution >= 4 is 34.2 Å². The van der Waals surface area contributed by atoms with E-state index in [1.54, 1.807) is 6.20 Å². The first-order valence-electron chi connectivity index (χ1n) is 6.23. The molecule has 1 aromatic carbocycles. The first-order chi connectivity index (χ1) is 9.24. The molecule has 0 aliphatic carbocycles. The molecule has 3 rings (SSSR count). The van der Waals surface area contributed by atoms with E-state index in [1.165, 1.54) is 0 Å². The number of allylic oxidation sites excluding steroid dienone is 1. The smallest absolute Gasteiger partial charge is 0.150 e. The van der Waals surface area contributed by atoms with E-state index in [0.717, 1.165) is 39.3 Å². The number of fused-ring (bicyclic) bond motifs is 3. The third kappa shape index (κ3) is 1.74. The van der Waals surface area contributed by atoms with Crippen LogP contribution < -0.4 is 0 Å². The molecule has 19 heavy (non-hydrogen) atoms. The van der Waals surface area contributed by atoms with Crippen LogP contribution in [0.1, 0.15) is 28.5 Å². The van der Waals surface area contributed by atoms with Crippen LogP contribution >= 0.6 is 0 Å². The number of rotatable bonds is 2. The minimum absolute atomic E-state index is 0.709. The number of nitrogens with zero attached hydrogens (tertiary/aromatic N) is 1. The summed E-state index contributed by atoms with van der Waals surface area (Å²) >= 11 is 0. The SMILES string of the molecule is C/C=C\c1cc2[nH]c3c(C)nccc3c2cc1C=O. The average Bonchev–Trinajstić information content (AvgIpc) is 2.77. The minimum Gasteiger partial charge on any atom is -0.353 e. The molecule has 3 aromatic rings. The Balaban J connectivity index is 2.45. The molecular formula is C16H14N2O. The standard InChI is InChI=1S/C16H14N2O/c1-3-4-11-8-15-14(7-12(11)9-19)13-5-6-17-10(2)16(13)18-15/h3-9,18H,1-2H3/b4-3-. The average molecular weight is 250 g/mol. The number of hydrogen-bond acceptors (Lipinski definition) is 2. The van der Waals surface area contributed by atoms with Crippen LogP contribution in [0, 0.1) is 6.92 Å². The van der Waals surface area contributed by atoms with Gasteiger partial charge in [0.25, 0.3) is 0 Å². The summed E-state index contributed by atoms with van der Waals surface area (Å²) in [5.74, 6) is 0. The highest BCUT2D eigenvalue weighted by molar-refractivity contribution is 6.10. The van der Waals surface area contributed by atoms with Crippen LogP contribution in [0.25, 0.3) is 27.9 Å². The van der Waals surface area contributed by atoms with Crippen LogP contribution in [-0.2, 0) is 0 Å². The Bertz CT molecular complexity index is 812. The summed E-state index contributed by atoms with van der Waals surface area (Å²) in [5.41, 5.74) is 4.67. The number of nitrogens with one attached hydrogen (secondary N) is 1. The van der Waals surface area contributed by atoms with E-state index in [2.05, 4.69) is 9.97 Å². The lowest BCUT2D eigenvalue weighted by Gasteiger charge is -2.00. The summed E-state index contributed by atoms with van der Waals surface area (Å²) in [6.07, 6.45) is 6.58. The Morgan fingerprint density at radius 3 is 2.79 bits per heavy atom. The zero-order chi connectivity index (χ0) is 13.4. The second-order valence-electron chi connectivity index (χ2n) is 4.59. The number of carbonyl (C=O) groups is 1. The first kappa shape index (κ1) is 11.7. The Morgan fingerprint density at radius 1 is 1.21 bits per heavy atom. The fourth-order valence-electron chi connectivity index (χ4n) is 2.47. The van der Waals surface area contributed by atoms with Gasteiger partial charge in [-0.1, -0.05) is 12.2 Å². The number of aromatic nitrogens is 2. The zero-order valence-electron chi connectivity index (χ0n) is 10.9. The highest BCUT2D eigenvalue weighted by Gasteiger charge is 2.09. The maximum atomic E-state index is 11.2. The number of pyridine rings is 1. The van der Waals surface area contributed by atoms with Gasteiger partial charge < -0.3 is 4.98 Å². The lowest BCUT2D eigenvalue weighted by atomic mass is 10.0. The highest BCUT2D eigenvalue weighted by Crippen LogP contribution is 2.29. The Labute approximate surface area is 111 Å². The van der Waals surface area contributed by atoms with Crippen molar-refractivity contribution in [1.29, 1.82) is 0 Å². The van der Waals surface area contributed by atoms with Crippen molar-refractivity contribution in [3.8, 4) is 0 Å². The highest BCUT2D eigenvalue weighted by atomic mass is 16.1. The van der Waals surface area contributed by atoms with Crippen molar-refractivity contribution in [2.45, 2.75) is 13.8 Å². The zero-order valence-corrected chi connectivity index (χ0v) is 10.9. The molecule has 3 nitrogen and oxygen atoms in total. The van der Waals surface area contributed by atoms with Crippen LogP contribution in [0.3, 0.4) is 0 Å². The fraction of sp³-hybridized carbons (Fsp3) is 0.125. The summed E-state index contributed by atoms with van der Waals surface area (Å²) in [7, 11) is 0. The normalized spacial score (nSPS) is 11.7. The predicted octanol–water partition coefficient (Wildman–Crippen LogP) is 3.87. The second-order valence-corrected chi connectivity index (χ2v) is 4.59. The van der Waals surface area contributed by atoms with Gasteiger partial charge in [-0.15, -0.1) is 0 Å². The molecule has 0 aliphatic rings. The van der Waals surface area contributed by atoms with E-state index in [1.807, 2.05) is 44.2 Å². The minimum atomic E-state index is 0.709. The van der Waals surface area contributed by atoms with E-state index in [0.29, 0.717) is 5.56 Å². The monoisotopic (exact) mass is 250 g/mol. The summed E-state index contributed by atoms with van der Waals surface area (Å²) in [6, 6.07) is 5.93. The third-order valence-corrected chi connectivity index (χ3v) is 3.39. The van der Waals surface area contributed by atoms with Gasteiger partial charge in [-0.3, -0.25) is 9.78 Å². The van der Waals surface area contributed by atoms with Gasteiger partial charge in [0, 0.05) is 28.0 Å². The summed E-state index contributed by atoms with van der Waals surface area (Å²) < 4.78 is 0. The number of carbonyl (C=O) groups excluding carboxylic acids is 1. The molecule has 0 radical (unpaired) electrons. The van der Waals surface area contributed by atoms with E-state index in [9.17, 15) is 4.79 Å². The summed E-state index contributed by atoms with van der Waals surface area (Å²) in [6.45, 7) is 3.92. The molecule has 94 valence electrons. The van der Waals surface area contributed by atoms with E-state index in [-0.39, 0.29) is 0 Å². The van der Waals surface area contributed by atoms with Crippen molar-refractivity contribution in [3.05, 3.63) is 47.3 Å². The molecular weight excluding hydrogens is 236 g/mol. The van der Waals surface area contributed by atoms with Gasteiger partial charge in [0.15, 0.2) is 6.29 Å². The molecule has 2 aromatic heterocycles. The van der Waals surface area contributed by atoms with Gasteiger partial charge in [0.2, 0.25) is 0 Å². The number of H-pyrrole nitrogens is 1. The quantitative estimate of drug-likeness (QED) is 0.702. The molecule has 0 amide bonds. The number of aromatic amines is 1.